The van der Waals surface area contributed by atoms with Crippen LogP contribution in [0.25, 0.3) is 0 Å². The zero-order chi connectivity index (χ0) is 22.5. The van der Waals surface area contributed by atoms with Crippen LogP contribution in [0.5, 0.6) is 0 Å². The summed E-state index contributed by atoms with van der Waals surface area (Å²) in [5, 5.41) is 3.28. The Bertz CT molecular complexity index is 924. The lowest BCUT2D eigenvalue weighted by Crippen LogP contribution is -2.48. The van der Waals surface area contributed by atoms with E-state index in [1.54, 1.807) is 4.90 Å². The molecule has 170 valence electrons. The van der Waals surface area contributed by atoms with Crippen molar-refractivity contribution < 1.29 is 9.59 Å². The van der Waals surface area contributed by atoms with Crippen LogP contribution in [0.1, 0.15) is 30.5 Å². The third-order valence-corrected chi connectivity index (χ3v) is 6.71. The first kappa shape index (κ1) is 22.5. The number of piperazine rings is 1. The molecule has 2 amide bonds. The first-order valence-corrected chi connectivity index (χ1v) is 11.7. The molecule has 32 heavy (non-hydrogen) atoms. The molecule has 1 N–H and O–H groups in total. The van der Waals surface area contributed by atoms with Crippen molar-refractivity contribution in [2.45, 2.75) is 25.8 Å². The van der Waals surface area contributed by atoms with E-state index in [0.29, 0.717) is 6.54 Å². The van der Waals surface area contributed by atoms with Crippen molar-refractivity contribution >= 4 is 17.5 Å². The first-order valence-electron chi connectivity index (χ1n) is 11.7. The Morgan fingerprint density at radius 1 is 1.03 bits per heavy atom. The topological polar surface area (TPSA) is 55.9 Å². The molecule has 2 atom stereocenters. The minimum absolute atomic E-state index is 0.0291. The number of nitrogens with one attached hydrogen (secondary N) is 1. The standard InChI is InChI=1S/C26H34N4O2/c1-3-20-9-7-8-12-24(20)30-18-22(17-25(30)31)26(32)27-23(21-10-5-4-6-11-21)19-29-15-13-28(2)14-16-29/h4-12,22-23H,3,13-19H2,1-2H3,(H,27,32). The number of aryl methyl sites for hydroxylation is 1. The highest BCUT2D eigenvalue weighted by Gasteiger charge is 2.36. The SMILES string of the molecule is CCc1ccccc1N1CC(C(=O)NC(CN2CCN(C)CC2)c2ccccc2)CC1=O. The number of benzene rings is 2. The second kappa shape index (κ2) is 10.3. The molecule has 6 heteroatoms. The number of carbonyl (C=O) groups is 2. The van der Waals surface area contributed by atoms with Gasteiger partial charge in [0.1, 0.15) is 0 Å². The molecular formula is C26H34N4O2. The van der Waals surface area contributed by atoms with E-state index < -0.39 is 0 Å². The van der Waals surface area contributed by atoms with Crippen LogP contribution in [0.2, 0.25) is 0 Å². The van der Waals surface area contributed by atoms with Gasteiger partial charge in [-0.1, -0.05) is 55.5 Å². The van der Waals surface area contributed by atoms with Crippen molar-refractivity contribution in [2.24, 2.45) is 5.92 Å². The monoisotopic (exact) mass is 434 g/mol. The highest BCUT2D eigenvalue weighted by atomic mass is 16.2. The van der Waals surface area contributed by atoms with Crippen LogP contribution < -0.4 is 10.2 Å². The second-order valence-corrected chi connectivity index (χ2v) is 8.96. The summed E-state index contributed by atoms with van der Waals surface area (Å²) in [4.78, 5) is 32.6. The van der Waals surface area contributed by atoms with E-state index in [9.17, 15) is 9.59 Å². The highest BCUT2D eigenvalue weighted by Crippen LogP contribution is 2.29. The lowest BCUT2D eigenvalue weighted by Gasteiger charge is -2.35. The Morgan fingerprint density at radius 2 is 1.72 bits per heavy atom. The van der Waals surface area contributed by atoms with Crippen molar-refractivity contribution in [3.8, 4) is 0 Å². The third-order valence-electron chi connectivity index (χ3n) is 6.71. The molecule has 4 rings (SSSR count). The van der Waals surface area contributed by atoms with E-state index in [1.165, 1.54) is 0 Å². The zero-order valence-electron chi connectivity index (χ0n) is 19.2. The summed E-state index contributed by atoms with van der Waals surface area (Å²) in [7, 11) is 2.15. The zero-order valence-corrected chi connectivity index (χ0v) is 19.2. The van der Waals surface area contributed by atoms with Crippen LogP contribution in [0.15, 0.2) is 54.6 Å². The summed E-state index contributed by atoms with van der Waals surface area (Å²) in [6, 6.07) is 18.1. The average molecular weight is 435 g/mol. The lowest BCUT2D eigenvalue weighted by atomic mass is 10.0. The molecular weight excluding hydrogens is 400 g/mol. The number of anilines is 1. The summed E-state index contributed by atoms with van der Waals surface area (Å²) < 4.78 is 0. The van der Waals surface area contributed by atoms with Gasteiger partial charge in [0.05, 0.1) is 12.0 Å². The van der Waals surface area contributed by atoms with E-state index in [2.05, 4.69) is 47.3 Å². The number of para-hydroxylation sites is 1. The summed E-state index contributed by atoms with van der Waals surface area (Å²) in [5.41, 5.74) is 3.18. The van der Waals surface area contributed by atoms with Gasteiger partial charge in [0, 0.05) is 51.4 Å². The Morgan fingerprint density at radius 3 is 2.44 bits per heavy atom. The highest BCUT2D eigenvalue weighted by molar-refractivity contribution is 6.00. The van der Waals surface area contributed by atoms with Gasteiger partial charge in [-0.15, -0.1) is 0 Å². The molecule has 0 radical (unpaired) electrons. The molecule has 2 fully saturated rings. The van der Waals surface area contributed by atoms with Gasteiger partial charge in [-0.3, -0.25) is 14.5 Å². The summed E-state index contributed by atoms with van der Waals surface area (Å²) in [6.45, 7) is 7.39. The van der Waals surface area contributed by atoms with Crippen LogP contribution in [0, 0.1) is 5.92 Å². The fourth-order valence-corrected chi connectivity index (χ4v) is 4.69. The van der Waals surface area contributed by atoms with E-state index in [1.807, 2.05) is 36.4 Å². The number of rotatable bonds is 7. The smallest absolute Gasteiger partial charge is 0.227 e. The maximum atomic E-state index is 13.3. The quantitative estimate of drug-likeness (QED) is 0.728. The molecule has 0 saturated carbocycles. The molecule has 2 aliphatic heterocycles. The van der Waals surface area contributed by atoms with Crippen LogP contribution >= 0.6 is 0 Å². The normalized spacial score (nSPS) is 21.0. The van der Waals surface area contributed by atoms with Gasteiger partial charge in [-0.2, -0.15) is 0 Å². The van der Waals surface area contributed by atoms with Gasteiger partial charge in [0.15, 0.2) is 0 Å². The summed E-state index contributed by atoms with van der Waals surface area (Å²) in [5.74, 6) is -0.328. The van der Waals surface area contributed by atoms with Crippen molar-refractivity contribution in [1.82, 2.24) is 15.1 Å². The number of hydrogen-bond donors (Lipinski definition) is 1. The van der Waals surface area contributed by atoms with Gasteiger partial charge in [-0.05, 0) is 30.7 Å². The molecule has 2 saturated heterocycles. The lowest BCUT2D eigenvalue weighted by molar-refractivity contribution is -0.127. The third kappa shape index (κ3) is 5.19. The van der Waals surface area contributed by atoms with Crippen molar-refractivity contribution in [2.75, 3.05) is 51.2 Å². The van der Waals surface area contributed by atoms with E-state index >= 15 is 0 Å². The van der Waals surface area contributed by atoms with Crippen LogP contribution in [-0.4, -0.2) is 67.9 Å². The Kier molecular flexibility index (Phi) is 7.22. The molecule has 2 unspecified atom stereocenters. The predicted octanol–water partition coefficient (Wildman–Crippen LogP) is 2.71. The minimum atomic E-state index is -0.328. The van der Waals surface area contributed by atoms with Gasteiger partial charge in [0.25, 0.3) is 0 Å². The van der Waals surface area contributed by atoms with Gasteiger partial charge >= 0.3 is 0 Å². The number of hydrogen-bond acceptors (Lipinski definition) is 4. The summed E-state index contributed by atoms with van der Waals surface area (Å²) in [6.07, 6.45) is 1.12. The second-order valence-electron chi connectivity index (χ2n) is 8.96. The van der Waals surface area contributed by atoms with Gasteiger partial charge < -0.3 is 15.1 Å². The van der Waals surface area contributed by atoms with Crippen LogP contribution in [-0.2, 0) is 16.0 Å². The van der Waals surface area contributed by atoms with Crippen LogP contribution in [0.3, 0.4) is 0 Å². The molecule has 0 aromatic heterocycles. The number of amides is 2. The molecule has 0 aliphatic carbocycles. The molecule has 6 nitrogen and oxygen atoms in total. The summed E-state index contributed by atoms with van der Waals surface area (Å²) >= 11 is 0. The van der Waals surface area contributed by atoms with Crippen molar-refractivity contribution in [3.05, 3.63) is 65.7 Å². The first-order chi connectivity index (χ1) is 15.5. The predicted molar refractivity (Wildman–Crippen MR) is 128 cm³/mol. The molecule has 0 spiro atoms. The number of nitrogens with zero attached hydrogens (tertiary/aromatic N) is 3. The molecule has 2 heterocycles. The van der Waals surface area contributed by atoms with E-state index in [4.69, 9.17) is 0 Å². The maximum absolute atomic E-state index is 13.3. The van der Waals surface area contributed by atoms with Gasteiger partial charge in [-0.25, -0.2) is 0 Å². The Balaban J connectivity index is 1.45. The van der Waals surface area contributed by atoms with E-state index in [0.717, 1.165) is 56.0 Å². The molecule has 2 aromatic carbocycles. The average Bonchev–Trinajstić information content (AvgIpc) is 3.22. The Labute approximate surface area is 191 Å². The fraction of sp³-hybridized carbons (Fsp3) is 0.462. The molecule has 2 aliphatic rings. The minimum Gasteiger partial charge on any atom is -0.348 e. The Hall–Kier alpha value is -2.70. The number of carbonyl (C=O) groups excluding carboxylic acids is 2. The van der Waals surface area contributed by atoms with E-state index in [-0.39, 0.29) is 30.2 Å². The maximum Gasteiger partial charge on any atom is 0.227 e. The van der Waals surface area contributed by atoms with Crippen molar-refractivity contribution in [1.29, 1.82) is 0 Å². The van der Waals surface area contributed by atoms with Crippen LogP contribution in [0.4, 0.5) is 5.69 Å². The molecule has 2 aromatic rings. The largest absolute Gasteiger partial charge is 0.348 e. The molecule has 0 bridgehead atoms. The number of likely N-dealkylation sites (N-methyl/N-ethyl adjacent to an activating group) is 1. The van der Waals surface area contributed by atoms with Crippen molar-refractivity contribution in [3.63, 3.8) is 0 Å². The van der Waals surface area contributed by atoms with Gasteiger partial charge in [0.2, 0.25) is 11.8 Å². The fourth-order valence-electron chi connectivity index (χ4n) is 4.69.